The first kappa shape index (κ1) is 14.1. The highest BCUT2D eigenvalue weighted by Gasteiger charge is 2.23. The first-order valence-corrected chi connectivity index (χ1v) is 8.53. The van der Waals surface area contributed by atoms with Crippen molar-refractivity contribution in [2.45, 2.75) is 49.8 Å². The van der Waals surface area contributed by atoms with E-state index in [2.05, 4.69) is 33.1 Å². The van der Waals surface area contributed by atoms with Crippen molar-refractivity contribution in [3.05, 3.63) is 34.9 Å². The predicted molar refractivity (Wildman–Crippen MR) is 86.9 cm³/mol. The van der Waals surface area contributed by atoms with Crippen LogP contribution in [-0.2, 0) is 12.8 Å². The van der Waals surface area contributed by atoms with E-state index in [1.807, 2.05) is 0 Å². The van der Waals surface area contributed by atoms with Crippen LogP contribution in [0.3, 0.4) is 0 Å². The Balaban J connectivity index is 1.85. The van der Waals surface area contributed by atoms with Crippen molar-refractivity contribution in [1.29, 1.82) is 0 Å². The highest BCUT2D eigenvalue weighted by molar-refractivity contribution is 9.09. The largest absolute Gasteiger partial charge is 0.345 e. The van der Waals surface area contributed by atoms with Gasteiger partial charge in [0.25, 0.3) is 0 Å². The molecule has 0 aromatic carbocycles. The minimum absolute atomic E-state index is 0.491. The van der Waals surface area contributed by atoms with E-state index in [0.717, 1.165) is 44.5 Å². The molecule has 0 radical (unpaired) electrons. The summed E-state index contributed by atoms with van der Waals surface area (Å²) in [7, 11) is 0. The molecule has 1 aromatic rings. The standard InChI is InChI=1S/C16H22BrN3/c17-12-7-8-13-11(10-12)4-3-5-14-16(13)20-15(19-14)6-1-2-9-18/h8,10,12H,1-7,9,18H2,(H,19,20). The summed E-state index contributed by atoms with van der Waals surface area (Å²) < 4.78 is 0. The Bertz CT molecular complexity index is 542. The van der Waals surface area contributed by atoms with Crippen molar-refractivity contribution in [3.8, 4) is 0 Å². The van der Waals surface area contributed by atoms with Crippen LogP contribution in [0.1, 0.15) is 49.3 Å². The molecule has 3 nitrogen and oxygen atoms in total. The minimum Gasteiger partial charge on any atom is -0.345 e. The number of alkyl halides is 1. The first-order chi connectivity index (χ1) is 9.78. The number of aromatic nitrogens is 2. The maximum atomic E-state index is 5.56. The van der Waals surface area contributed by atoms with E-state index in [1.165, 1.54) is 35.4 Å². The summed E-state index contributed by atoms with van der Waals surface area (Å²) in [6.45, 7) is 0.769. The molecule has 4 heteroatoms. The summed E-state index contributed by atoms with van der Waals surface area (Å²) in [5, 5.41) is 0. The van der Waals surface area contributed by atoms with Crippen LogP contribution in [0.2, 0.25) is 0 Å². The molecular weight excluding hydrogens is 314 g/mol. The molecule has 108 valence electrons. The number of aromatic amines is 1. The number of nitrogens with zero attached hydrogens (tertiary/aromatic N) is 1. The number of hydrogen-bond donors (Lipinski definition) is 2. The Hall–Kier alpha value is -0.870. The van der Waals surface area contributed by atoms with E-state index in [1.54, 1.807) is 0 Å². The molecule has 1 atom stereocenters. The summed E-state index contributed by atoms with van der Waals surface area (Å²) >= 11 is 3.70. The summed E-state index contributed by atoms with van der Waals surface area (Å²) in [5.74, 6) is 1.13. The van der Waals surface area contributed by atoms with E-state index >= 15 is 0 Å². The van der Waals surface area contributed by atoms with Gasteiger partial charge < -0.3 is 10.7 Å². The fourth-order valence-corrected chi connectivity index (χ4v) is 3.59. The number of fused-ring (bicyclic) bond motifs is 3. The normalized spacial score (nSPS) is 21.6. The van der Waals surface area contributed by atoms with E-state index in [0.29, 0.717) is 4.83 Å². The van der Waals surface area contributed by atoms with Gasteiger partial charge in [-0.3, -0.25) is 0 Å². The Labute approximate surface area is 128 Å². The number of halogens is 1. The second-order valence-corrected chi connectivity index (χ2v) is 6.85. The number of hydrogen-bond acceptors (Lipinski definition) is 2. The number of allylic oxidation sites excluding steroid dienone is 4. The number of aryl methyl sites for hydroxylation is 2. The third kappa shape index (κ3) is 2.91. The van der Waals surface area contributed by atoms with E-state index in [9.17, 15) is 0 Å². The molecule has 0 bridgehead atoms. The van der Waals surface area contributed by atoms with Gasteiger partial charge in [-0.2, -0.15) is 0 Å². The average molecular weight is 336 g/mol. The number of unbranched alkanes of at least 4 members (excludes halogenated alkanes) is 1. The smallest absolute Gasteiger partial charge is 0.106 e. The van der Waals surface area contributed by atoms with Gasteiger partial charge in [-0.15, -0.1) is 0 Å². The Morgan fingerprint density at radius 2 is 2.25 bits per heavy atom. The van der Waals surface area contributed by atoms with Crippen LogP contribution < -0.4 is 5.73 Å². The molecule has 3 rings (SSSR count). The van der Waals surface area contributed by atoms with E-state index in [4.69, 9.17) is 10.7 Å². The molecule has 0 aliphatic heterocycles. The van der Waals surface area contributed by atoms with Crippen LogP contribution in [0.15, 0.2) is 17.7 Å². The SMILES string of the molecule is NCCCCc1nc2c([nH]1)CCCC1=CC(Br)CC=C12. The lowest BCUT2D eigenvalue weighted by Crippen LogP contribution is -2.03. The third-order valence-corrected chi connectivity index (χ3v) is 4.74. The Morgan fingerprint density at radius 1 is 1.35 bits per heavy atom. The molecule has 1 heterocycles. The number of rotatable bonds is 4. The molecule has 0 fully saturated rings. The Morgan fingerprint density at radius 3 is 3.10 bits per heavy atom. The van der Waals surface area contributed by atoms with Crippen molar-refractivity contribution in [1.82, 2.24) is 9.97 Å². The van der Waals surface area contributed by atoms with Gasteiger partial charge in [-0.25, -0.2) is 4.98 Å². The van der Waals surface area contributed by atoms with Gasteiger partial charge in [-0.05, 0) is 50.6 Å². The van der Waals surface area contributed by atoms with Crippen LogP contribution in [0.5, 0.6) is 0 Å². The van der Waals surface area contributed by atoms with Gasteiger partial charge in [0.15, 0.2) is 0 Å². The minimum atomic E-state index is 0.491. The number of H-pyrrole nitrogens is 1. The Kier molecular flexibility index (Phi) is 4.41. The van der Waals surface area contributed by atoms with Crippen molar-refractivity contribution >= 4 is 21.5 Å². The number of imidazole rings is 1. The molecule has 2 aliphatic carbocycles. The molecule has 1 aromatic heterocycles. The summed E-state index contributed by atoms with van der Waals surface area (Å²) in [6.07, 6.45) is 12.5. The molecule has 20 heavy (non-hydrogen) atoms. The van der Waals surface area contributed by atoms with Gasteiger partial charge in [0.2, 0.25) is 0 Å². The number of nitrogens with one attached hydrogen (secondary N) is 1. The van der Waals surface area contributed by atoms with Crippen LogP contribution in [-0.4, -0.2) is 21.3 Å². The van der Waals surface area contributed by atoms with Gasteiger partial charge >= 0.3 is 0 Å². The third-order valence-electron chi connectivity index (χ3n) is 4.10. The fourth-order valence-electron chi connectivity index (χ4n) is 3.08. The van der Waals surface area contributed by atoms with Crippen molar-refractivity contribution in [2.75, 3.05) is 6.54 Å². The maximum Gasteiger partial charge on any atom is 0.106 e. The van der Waals surface area contributed by atoms with Gasteiger partial charge in [-0.1, -0.05) is 28.1 Å². The van der Waals surface area contributed by atoms with E-state index < -0.39 is 0 Å². The zero-order valence-electron chi connectivity index (χ0n) is 11.8. The highest BCUT2D eigenvalue weighted by atomic mass is 79.9. The zero-order valence-corrected chi connectivity index (χ0v) is 13.4. The molecule has 0 amide bonds. The second-order valence-electron chi connectivity index (χ2n) is 5.67. The number of nitrogens with two attached hydrogens (primary N) is 1. The topological polar surface area (TPSA) is 54.7 Å². The average Bonchev–Trinajstić information content (AvgIpc) is 2.75. The molecule has 0 spiro atoms. The molecular formula is C16H22BrN3. The van der Waals surface area contributed by atoms with Crippen molar-refractivity contribution < 1.29 is 0 Å². The fraction of sp³-hybridized carbons (Fsp3) is 0.562. The molecule has 0 saturated carbocycles. The molecule has 3 N–H and O–H groups in total. The lowest BCUT2D eigenvalue weighted by molar-refractivity contribution is 0.718. The maximum absolute atomic E-state index is 5.56. The van der Waals surface area contributed by atoms with Crippen LogP contribution in [0.4, 0.5) is 0 Å². The quantitative estimate of drug-likeness (QED) is 0.653. The van der Waals surface area contributed by atoms with Gasteiger partial charge in [0.05, 0.1) is 5.69 Å². The second kappa shape index (κ2) is 6.27. The van der Waals surface area contributed by atoms with Crippen LogP contribution in [0, 0.1) is 0 Å². The summed E-state index contributed by atoms with van der Waals surface area (Å²) in [6, 6.07) is 0. The van der Waals surface area contributed by atoms with E-state index in [-0.39, 0.29) is 0 Å². The van der Waals surface area contributed by atoms with Gasteiger partial charge in [0, 0.05) is 22.5 Å². The predicted octanol–water partition coefficient (Wildman–Crippen LogP) is 3.50. The monoisotopic (exact) mass is 335 g/mol. The summed E-state index contributed by atoms with van der Waals surface area (Å²) in [5.41, 5.74) is 10.9. The van der Waals surface area contributed by atoms with Crippen LogP contribution in [0.25, 0.3) is 5.57 Å². The zero-order chi connectivity index (χ0) is 13.9. The molecule has 1 unspecified atom stereocenters. The van der Waals surface area contributed by atoms with Crippen LogP contribution >= 0.6 is 15.9 Å². The molecule has 0 saturated heterocycles. The van der Waals surface area contributed by atoms with Crippen molar-refractivity contribution in [3.63, 3.8) is 0 Å². The highest BCUT2D eigenvalue weighted by Crippen LogP contribution is 2.37. The lowest BCUT2D eigenvalue weighted by Gasteiger charge is -2.16. The van der Waals surface area contributed by atoms with Crippen molar-refractivity contribution in [2.24, 2.45) is 5.73 Å². The van der Waals surface area contributed by atoms with Gasteiger partial charge in [0.1, 0.15) is 5.82 Å². The summed E-state index contributed by atoms with van der Waals surface area (Å²) in [4.78, 5) is 8.91. The first-order valence-electron chi connectivity index (χ1n) is 7.61. The molecule has 2 aliphatic rings. The lowest BCUT2D eigenvalue weighted by atomic mass is 9.94.